The van der Waals surface area contributed by atoms with Crippen LogP contribution in [0.25, 0.3) is 0 Å². The topological polar surface area (TPSA) is 96.3 Å². The molecule has 0 radical (unpaired) electrons. The standard InChI is InChI=1S/C10H10N2O3/c1-15-10(14)7-3-2-6(4-11)9(13)8(7)5-12/h2-3,13H,5,12H2,1H3. The van der Waals surface area contributed by atoms with Crippen LogP contribution in [-0.2, 0) is 11.3 Å². The van der Waals surface area contributed by atoms with E-state index >= 15 is 0 Å². The Morgan fingerprint density at radius 3 is 2.80 bits per heavy atom. The molecule has 5 nitrogen and oxygen atoms in total. The Morgan fingerprint density at radius 2 is 2.33 bits per heavy atom. The van der Waals surface area contributed by atoms with E-state index < -0.39 is 5.97 Å². The lowest BCUT2D eigenvalue weighted by Gasteiger charge is -2.08. The molecule has 1 rings (SSSR count). The van der Waals surface area contributed by atoms with Gasteiger partial charge in [0.1, 0.15) is 11.8 Å². The first-order chi connectivity index (χ1) is 7.15. The van der Waals surface area contributed by atoms with Crippen molar-refractivity contribution in [1.82, 2.24) is 0 Å². The maximum Gasteiger partial charge on any atom is 0.338 e. The Labute approximate surface area is 86.7 Å². The van der Waals surface area contributed by atoms with E-state index in [9.17, 15) is 9.90 Å². The Morgan fingerprint density at radius 1 is 1.67 bits per heavy atom. The number of ether oxygens (including phenoxy) is 1. The van der Waals surface area contributed by atoms with Gasteiger partial charge < -0.3 is 15.6 Å². The van der Waals surface area contributed by atoms with Crippen LogP contribution < -0.4 is 5.73 Å². The number of carbonyl (C=O) groups is 1. The minimum atomic E-state index is -0.588. The van der Waals surface area contributed by atoms with Crippen molar-refractivity contribution < 1.29 is 14.6 Å². The van der Waals surface area contributed by atoms with Gasteiger partial charge in [0, 0.05) is 12.1 Å². The molecule has 0 aliphatic carbocycles. The third-order valence-electron chi connectivity index (χ3n) is 2.01. The molecule has 3 N–H and O–H groups in total. The molecule has 0 atom stereocenters. The van der Waals surface area contributed by atoms with E-state index in [1.807, 2.05) is 0 Å². The number of carbonyl (C=O) groups excluding carboxylic acids is 1. The van der Waals surface area contributed by atoms with Crippen LogP contribution in [0.5, 0.6) is 5.75 Å². The monoisotopic (exact) mass is 206 g/mol. The van der Waals surface area contributed by atoms with Crippen molar-refractivity contribution in [3.63, 3.8) is 0 Å². The fourth-order valence-corrected chi connectivity index (χ4v) is 1.23. The quantitative estimate of drug-likeness (QED) is 0.687. The first kappa shape index (κ1) is 11.0. The fraction of sp³-hybridized carbons (Fsp3) is 0.200. The Bertz CT molecular complexity index is 435. The number of aromatic hydroxyl groups is 1. The van der Waals surface area contributed by atoms with Crippen LogP contribution in [0.4, 0.5) is 0 Å². The zero-order chi connectivity index (χ0) is 11.4. The summed E-state index contributed by atoms with van der Waals surface area (Å²) < 4.78 is 4.52. The second-order valence-corrected chi connectivity index (χ2v) is 2.80. The molecular formula is C10H10N2O3. The highest BCUT2D eigenvalue weighted by Gasteiger charge is 2.16. The van der Waals surface area contributed by atoms with Gasteiger partial charge in [-0.05, 0) is 12.1 Å². The Hall–Kier alpha value is -2.06. The summed E-state index contributed by atoms with van der Waals surface area (Å²) in [6.45, 7) is -0.0359. The SMILES string of the molecule is COC(=O)c1ccc(C#N)c(O)c1CN. The Balaban J connectivity index is 3.39. The molecule has 0 fully saturated rings. The van der Waals surface area contributed by atoms with Gasteiger partial charge in [0.05, 0.1) is 18.2 Å². The maximum absolute atomic E-state index is 11.3. The lowest BCUT2D eigenvalue weighted by atomic mass is 10.0. The maximum atomic E-state index is 11.3. The van der Waals surface area contributed by atoms with Gasteiger partial charge in [-0.3, -0.25) is 0 Å². The van der Waals surface area contributed by atoms with Gasteiger partial charge in [-0.25, -0.2) is 4.79 Å². The second-order valence-electron chi connectivity index (χ2n) is 2.80. The first-order valence-corrected chi connectivity index (χ1v) is 4.19. The van der Waals surface area contributed by atoms with Crippen LogP contribution in [0.3, 0.4) is 0 Å². The minimum Gasteiger partial charge on any atom is -0.506 e. The average molecular weight is 206 g/mol. The summed E-state index contributed by atoms with van der Waals surface area (Å²) in [7, 11) is 1.23. The third-order valence-corrected chi connectivity index (χ3v) is 2.01. The number of nitriles is 1. The number of nitrogens with zero attached hydrogens (tertiary/aromatic N) is 1. The normalized spacial score (nSPS) is 9.40. The van der Waals surface area contributed by atoms with Crippen molar-refractivity contribution in [1.29, 1.82) is 5.26 Å². The van der Waals surface area contributed by atoms with Crippen LogP contribution in [0, 0.1) is 11.3 Å². The number of nitrogens with two attached hydrogens (primary N) is 1. The molecule has 0 unspecified atom stereocenters. The molecule has 0 spiro atoms. The lowest BCUT2D eigenvalue weighted by molar-refractivity contribution is 0.0599. The van der Waals surface area contributed by atoms with Crippen molar-refractivity contribution in [2.75, 3.05) is 7.11 Å². The van der Waals surface area contributed by atoms with Crippen molar-refractivity contribution in [3.05, 3.63) is 28.8 Å². The number of benzene rings is 1. The highest BCUT2D eigenvalue weighted by Crippen LogP contribution is 2.25. The summed E-state index contributed by atoms with van der Waals surface area (Å²) in [4.78, 5) is 11.3. The van der Waals surface area contributed by atoms with Gasteiger partial charge in [-0.1, -0.05) is 0 Å². The van der Waals surface area contributed by atoms with E-state index in [1.54, 1.807) is 6.07 Å². The number of hydrogen-bond donors (Lipinski definition) is 2. The molecular weight excluding hydrogens is 196 g/mol. The smallest absolute Gasteiger partial charge is 0.338 e. The number of rotatable bonds is 2. The summed E-state index contributed by atoms with van der Waals surface area (Å²) in [5.74, 6) is -0.849. The second kappa shape index (κ2) is 4.44. The van der Waals surface area contributed by atoms with E-state index in [1.165, 1.54) is 19.2 Å². The highest BCUT2D eigenvalue weighted by atomic mass is 16.5. The number of esters is 1. The molecule has 0 aliphatic rings. The summed E-state index contributed by atoms with van der Waals surface area (Å²) in [5, 5.41) is 18.3. The largest absolute Gasteiger partial charge is 0.506 e. The summed E-state index contributed by atoms with van der Waals surface area (Å²) in [6.07, 6.45) is 0. The summed E-state index contributed by atoms with van der Waals surface area (Å²) >= 11 is 0. The number of hydrogen-bond acceptors (Lipinski definition) is 5. The van der Waals surface area contributed by atoms with E-state index in [0.29, 0.717) is 0 Å². The van der Waals surface area contributed by atoms with Gasteiger partial charge in [0.25, 0.3) is 0 Å². The van der Waals surface area contributed by atoms with Gasteiger partial charge in [-0.2, -0.15) is 5.26 Å². The van der Waals surface area contributed by atoms with E-state index in [4.69, 9.17) is 11.0 Å². The molecule has 5 heteroatoms. The van der Waals surface area contributed by atoms with Gasteiger partial charge in [0.2, 0.25) is 0 Å². The highest BCUT2D eigenvalue weighted by molar-refractivity contribution is 5.92. The van der Waals surface area contributed by atoms with Crippen LogP contribution in [0.1, 0.15) is 21.5 Å². The molecule has 15 heavy (non-hydrogen) atoms. The summed E-state index contributed by atoms with van der Waals surface area (Å²) in [5.41, 5.74) is 5.88. The summed E-state index contributed by atoms with van der Waals surface area (Å²) in [6, 6.07) is 4.55. The zero-order valence-corrected chi connectivity index (χ0v) is 8.15. The van der Waals surface area contributed by atoms with E-state index in [2.05, 4.69) is 4.74 Å². The average Bonchev–Trinajstić information content (AvgIpc) is 2.27. The third kappa shape index (κ3) is 1.90. The number of phenolic OH excluding ortho intramolecular Hbond substituents is 1. The molecule has 0 aromatic heterocycles. The zero-order valence-electron chi connectivity index (χ0n) is 8.15. The van der Waals surface area contributed by atoms with Gasteiger partial charge in [0.15, 0.2) is 0 Å². The molecule has 0 aliphatic heterocycles. The van der Waals surface area contributed by atoms with E-state index in [-0.39, 0.29) is 29.0 Å². The van der Waals surface area contributed by atoms with Crippen molar-refractivity contribution in [3.8, 4) is 11.8 Å². The van der Waals surface area contributed by atoms with Crippen molar-refractivity contribution in [2.45, 2.75) is 6.54 Å². The van der Waals surface area contributed by atoms with Crippen LogP contribution in [0.2, 0.25) is 0 Å². The molecule has 78 valence electrons. The molecule has 0 heterocycles. The molecule has 0 saturated heterocycles. The fourth-order valence-electron chi connectivity index (χ4n) is 1.23. The van der Waals surface area contributed by atoms with E-state index in [0.717, 1.165) is 0 Å². The molecule has 1 aromatic carbocycles. The number of methoxy groups -OCH3 is 1. The molecule has 0 bridgehead atoms. The molecule has 0 saturated carbocycles. The Kier molecular flexibility index (Phi) is 3.26. The minimum absolute atomic E-state index is 0.0359. The van der Waals surface area contributed by atoms with Crippen molar-refractivity contribution >= 4 is 5.97 Å². The molecule has 0 amide bonds. The van der Waals surface area contributed by atoms with Crippen LogP contribution >= 0.6 is 0 Å². The van der Waals surface area contributed by atoms with Gasteiger partial charge in [-0.15, -0.1) is 0 Å². The lowest BCUT2D eigenvalue weighted by Crippen LogP contribution is -2.09. The van der Waals surface area contributed by atoms with Gasteiger partial charge >= 0.3 is 5.97 Å². The predicted molar refractivity (Wildman–Crippen MR) is 52.1 cm³/mol. The van der Waals surface area contributed by atoms with Crippen LogP contribution in [0.15, 0.2) is 12.1 Å². The van der Waals surface area contributed by atoms with Crippen LogP contribution in [-0.4, -0.2) is 18.2 Å². The number of phenols is 1. The first-order valence-electron chi connectivity index (χ1n) is 4.19. The molecule has 1 aromatic rings. The van der Waals surface area contributed by atoms with Crippen molar-refractivity contribution in [2.24, 2.45) is 5.73 Å². The predicted octanol–water partition coefficient (Wildman–Crippen LogP) is 0.509.